The molecule has 1 heterocycles. The van der Waals surface area contributed by atoms with Crippen molar-refractivity contribution in [1.82, 2.24) is 10.2 Å². The van der Waals surface area contributed by atoms with Crippen molar-refractivity contribution in [3.05, 3.63) is 95.1 Å². The van der Waals surface area contributed by atoms with E-state index in [1.165, 1.54) is 0 Å². The van der Waals surface area contributed by atoms with Crippen LogP contribution in [0.4, 0.5) is 32.0 Å². The summed E-state index contributed by atoms with van der Waals surface area (Å²) in [7, 11) is 0. The summed E-state index contributed by atoms with van der Waals surface area (Å²) in [5.41, 5.74) is -1.18. The number of nitrogens with one attached hydrogen (secondary N) is 2. The van der Waals surface area contributed by atoms with Crippen molar-refractivity contribution in [3.63, 3.8) is 0 Å². The number of thiocarbonyl (C=S) groups is 1. The number of halogens is 6. The van der Waals surface area contributed by atoms with Gasteiger partial charge in [-0.15, -0.1) is 0 Å². The molecule has 0 radical (unpaired) electrons. The van der Waals surface area contributed by atoms with Gasteiger partial charge in [-0.1, -0.05) is 42.5 Å². The summed E-state index contributed by atoms with van der Waals surface area (Å²) in [5.74, 6) is 0.707. The first kappa shape index (κ1) is 29.7. The second-order valence-corrected chi connectivity index (χ2v) is 10.1. The van der Waals surface area contributed by atoms with Crippen molar-refractivity contribution < 1.29 is 31.1 Å². The Balaban J connectivity index is 1.43. The van der Waals surface area contributed by atoms with Gasteiger partial charge in [0, 0.05) is 18.3 Å². The summed E-state index contributed by atoms with van der Waals surface area (Å²) in [4.78, 5) is 2.25. The van der Waals surface area contributed by atoms with E-state index in [0.717, 1.165) is 37.1 Å². The molecule has 11 heteroatoms. The molecule has 1 atom stereocenters. The first-order valence-corrected chi connectivity index (χ1v) is 13.2. The molecule has 1 aliphatic rings. The van der Waals surface area contributed by atoms with Crippen LogP contribution in [0.15, 0.2) is 72.8 Å². The highest BCUT2D eigenvalue weighted by molar-refractivity contribution is 7.80. The summed E-state index contributed by atoms with van der Waals surface area (Å²) in [6, 6.07) is 18.4. The Hall–Kier alpha value is -3.31. The summed E-state index contributed by atoms with van der Waals surface area (Å²) in [5, 5.41) is 5.58. The van der Waals surface area contributed by atoms with Crippen LogP contribution in [-0.4, -0.2) is 35.7 Å². The standard InChI is InChI=1S/C29H29F6N3OS/c30-28(31,32)22-15-23(29(33,34)35)17-24(16-22)36-27(40)37-25(18-38-12-4-5-13-38)14-20-8-10-26(11-9-20)39-19-21-6-2-1-3-7-21/h1-3,6-11,15-17,25H,4-5,12-14,18-19H2,(H2,36,37,40)/t25-/m0/s1. The van der Waals surface area contributed by atoms with Gasteiger partial charge in [0.1, 0.15) is 12.4 Å². The minimum absolute atomic E-state index is 0.0561. The number of ether oxygens (including phenoxy) is 1. The molecule has 1 saturated heterocycles. The molecule has 3 aromatic carbocycles. The quantitative estimate of drug-likeness (QED) is 0.205. The van der Waals surface area contributed by atoms with Crippen molar-refractivity contribution in [1.29, 1.82) is 0 Å². The van der Waals surface area contributed by atoms with Crippen LogP contribution in [-0.2, 0) is 25.4 Å². The summed E-state index contributed by atoms with van der Waals surface area (Å²) < 4.78 is 85.4. The molecule has 214 valence electrons. The van der Waals surface area contributed by atoms with Gasteiger partial charge in [-0.25, -0.2) is 0 Å². The molecule has 0 spiro atoms. The lowest BCUT2D eigenvalue weighted by Gasteiger charge is -2.26. The van der Waals surface area contributed by atoms with Gasteiger partial charge in [0.15, 0.2) is 5.11 Å². The lowest BCUT2D eigenvalue weighted by atomic mass is 10.1. The van der Waals surface area contributed by atoms with E-state index in [-0.39, 0.29) is 22.9 Å². The van der Waals surface area contributed by atoms with E-state index in [2.05, 4.69) is 15.5 Å². The Morgan fingerprint density at radius 2 is 1.43 bits per heavy atom. The zero-order valence-electron chi connectivity index (χ0n) is 21.5. The molecule has 0 aromatic heterocycles. The van der Waals surface area contributed by atoms with E-state index >= 15 is 0 Å². The van der Waals surface area contributed by atoms with Gasteiger partial charge in [0.2, 0.25) is 0 Å². The van der Waals surface area contributed by atoms with E-state index in [4.69, 9.17) is 17.0 Å². The van der Waals surface area contributed by atoms with E-state index in [1.807, 2.05) is 54.6 Å². The number of nitrogens with zero attached hydrogens (tertiary/aromatic N) is 1. The lowest BCUT2D eigenvalue weighted by molar-refractivity contribution is -0.143. The Labute approximate surface area is 234 Å². The van der Waals surface area contributed by atoms with Gasteiger partial charge in [-0.05, 0) is 86.0 Å². The minimum Gasteiger partial charge on any atom is -0.489 e. The summed E-state index contributed by atoms with van der Waals surface area (Å²) in [6.07, 6.45) is -7.22. The average molecular weight is 582 g/mol. The van der Waals surface area contributed by atoms with Gasteiger partial charge in [-0.2, -0.15) is 26.3 Å². The maximum Gasteiger partial charge on any atom is 0.416 e. The number of rotatable bonds is 9. The molecule has 4 rings (SSSR count). The largest absolute Gasteiger partial charge is 0.489 e. The predicted molar refractivity (Wildman–Crippen MR) is 146 cm³/mol. The number of hydrogen-bond donors (Lipinski definition) is 2. The zero-order valence-corrected chi connectivity index (χ0v) is 22.3. The lowest BCUT2D eigenvalue weighted by Crippen LogP contribution is -2.46. The van der Waals surface area contributed by atoms with Gasteiger partial charge >= 0.3 is 12.4 Å². The van der Waals surface area contributed by atoms with Crippen molar-refractivity contribution in [2.75, 3.05) is 25.0 Å². The van der Waals surface area contributed by atoms with Crippen molar-refractivity contribution in [3.8, 4) is 5.75 Å². The molecule has 0 bridgehead atoms. The van der Waals surface area contributed by atoms with Crippen LogP contribution in [0.5, 0.6) is 5.75 Å². The Kier molecular flexibility index (Phi) is 9.57. The number of hydrogen-bond acceptors (Lipinski definition) is 3. The summed E-state index contributed by atoms with van der Waals surface area (Å²) in [6.45, 7) is 2.87. The van der Waals surface area contributed by atoms with Crippen LogP contribution in [0.25, 0.3) is 0 Å². The highest BCUT2D eigenvalue weighted by atomic mass is 32.1. The van der Waals surface area contributed by atoms with Crippen LogP contribution in [0.2, 0.25) is 0 Å². The second-order valence-electron chi connectivity index (χ2n) is 9.72. The van der Waals surface area contributed by atoms with E-state index in [1.54, 1.807) is 0 Å². The third-order valence-corrected chi connectivity index (χ3v) is 6.73. The number of likely N-dealkylation sites (tertiary alicyclic amines) is 1. The SMILES string of the molecule is FC(F)(F)c1cc(NC(=S)N[C@@H](Cc2ccc(OCc3ccccc3)cc2)CN2CCCC2)cc(C(F)(F)F)c1. The highest BCUT2D eigenvalue weighted by Gasteiger charge is 2.37. The Morgan fingerprint density at radius 3 is 2.00 bits per heavy atom. The first-order valence-electron chi connectivity index (χ1n) is 12.8. The molecule has 2 N–H and O–H groups in total. The molecular formula is C29H29F6N3OS. The molecule has 3 aromatic rings. The highest BCUT2D eigenvalue weighted by Crippen LogP contribution is 2.37. The molecule has 0 saturated carbocycles. The topological polar surface area (TPSA) is 36.5 Å². The summed E-state index contributed by atoms with van der Waals surface area (Å²) >= 11 is 5.32. The van der Waals surface area contributed by atoms with Gasteiger partial charge < -0.3 is 20.3 Å². The molecule has 4 nitrogen and oxygen atoms in total. The van der Waals surface area contributed by atoms with Crippen LogP contribution in [0.3, 0.4) is 0 Å². The maximum atomic E-state index is 13.3. The van der Waals surface area contributed by atoms with Crippen molar-refractivity contribution in [2.24, 2.45) is 0 Å². The van der Waals surface area contributed by atoms with Crippen molar-refractivity contribution >= 4 is 23.0 Å². The third-order valence-electron chi connectivity index (χ3n) is 6.51. The number of alkyl halides is 6. The van der Waals surface area contributed by atoms with Crippen LogP contribution >= 0.6 is 12.2 Å². The monoisotopic (exact) mass is 581 g/mol. The Bertz CT molecular complexity index is 1230. The van der Waals surface area contributed by atoms with Crippen molar-refractivity contribution in [2.45, 2.75) is 44.3 Å². The number of anilines is 1. The molecule has 40 heavy (non-hydrogen) atoms. The van der Waals surface area contributed by atoms with Crippen LogP contribution in [0, 0.1) is 0 Å². The molecule has 0 aliphatic carbocycles. The smallest absolute Gasteiger partial charge is 0.416 e. The maximum absolute atomic E-state index is 13.3. The minimum atomic E-state index is -4.94. The fraction of sp³-hybridized carbons (Fsp3) is 0.345. The van der Waals surface area contributed by atoms with E-state index < -0.39 is 23.5 Å². The van der Waals surface area contributed by atoms with Crippen LogP contribution < -0.4 is 15.4 Å². The van der Waals surface area contributed by atoms with Gasteiger partial charge in [0.05, 0.1) is 11.1 Å². The second kappa shape index (κ2) is 12.9. The molecule has 1 aliphatic heterocycles. The fourth-order valence-corrected chi connectivity index (χ4v) is 4.85. The first-order chi connectivity index (χ1) is 19.0. The Morgan fingerprint density at radius 1 is 0.825 bits per heavy atom. The van der Waals surface area contributed by atoms with Crippen LogP contribution in [0.1, 0.15) is 35.1 Å². The number of benzene rings is 3. The molecular weight excluding hydrogens is 552 g/mol. The molecule has 0 amide bonds. The third kappa shape index (κ3) is 8.85. The fourth-order valence-electron chi connectivity index (χ4n) is 4.56. The molecule has 0 unspecified atom stereocenters. The average Bonchev–Trinajstić information content (AvgIpc) is 3.40. The van der Waals surface area contributed by atoms with E-state index in [0.29, 0.717) is 37.5 Å². The zero-order chi connectivity index (χ0) is 28.8. The molecule has 1 fully saturated rings. The predicted octanol–water partition coefficient (Wildman–Crippen LogP) is 7.30. The normalized spacial score (nSPS) is 15.1. The van der Waals surface area contributed by atoms with E-state index in [9.17, 15) is 26.3 Å². The van der Waals surface area contributed by atoms with Gasteiger partial charge in [0.25, 0.3) is 0 Å². The van der Waals surface area contributed by atoms with Gasteiger partial charge in [-0.3, -0.25) is 0 Å².